The number of anilines is 1. The second-order valence-electron chi connectivity index (χ2n) is 7.21. The first-order valence-electron chi connectivity index (χ1n) is 9.80. The van der Waals surface area contributed by atoms with Crippen molar-refractivity contribution in [1.29, 1.82) is 0 Å². The van der Waals surface area contributed by atoms with Gasteiger partial charge in [-0.15, -0.1) is 0 Å². The number of amidine groups is 1. The monoisotopic (exact) mass is 391 g/mol. The van der Waals surface area contributed by atoms with Gasteiger partial charge in [-0.25, -0.2) is 0 Å². The topological polar surface area (TPSA) is 35.9 Å². The summed E-state index contributed by atoms with van der Waals surface area (Å²) >= 11 is 1.50. The Kier molecular flexibility index (Phi) is 5.53. The first kappa shape index (κ1) is 18.8. The molecule has 5 heteroatoms. The van der Waals surface area contributed by atoms with E-state index in [9.17, 15) is 4.79 Å². The van der Waals surface area contributed by atoms with Gasteiger partial charge in [0.2, 0.25) is 0 Å². The van der Waals surface area contributed by atoms with Crippen molar-refractivity contribution < 1.29 is 4.79 Å². The summed E-state index contributed by atoms with van der Waals surface area (Å²) in [7, 11) is 0. The fraction of sp³-hybridized carbons (Fsp3) is 0.304. The number of thioether (sulfide) groups is 1. The van der Waals surface area contributed by atoms with Crippen molar-refractivity contribution in [2.24, 2.45) is 4.99 Å². The summed E-state index contributed by atoms with van der Waals surface area (Å²) < 4.78 is 0. The molecule has 1 saturated heterocycles. The number of hydrogen-bond donors (Lipinski definition) is 0. The van der Waals surface area contributed by atoms with Gasteiger partial charge in [0.1, 0.15) is 0 Å². The van der Waals surface area contributed by atoms with Crippen LogP contribution < -0.4 is 4.90 Å². The van der Waals surface area contributed by atoms with Gasteiger partial charge >= 0.3 is 0 Å². The molecule has 0 spiro atoms. The maximum atomic E-state index is 12.4. The fourth-order valence-corrected chi connectivity index (χ4v) is 4.41. The lowest BCUT2D eigenvalue weighted by molar-refractivity contribution is -0.113. The van der Waals surface area contributed by atoms with E-state index in [2.05, 4.69) is 77.2 Å². The van der Waals surface area contributed by atoms with Gasteiger partial charge in [-0.2, -0.15) is 4.99 Å². The highest BCUT2D eigenvalue weighted by molar-refractivity contribution is 8.18. The maximum Gasteiger partial charge on any atom is 0.286 e. The number of aryl methyl sites for hydroxylation is 2. The maximum absolute atomic E-state index is 12.4. The van der Waals surface area contributed by atoms with E-state index >= 15 is 0 Å². The minimum atomic E-state index is -0.125. The Morgan fingerprint density at radius 3 is 2.25 bits per heavy atom. The fourth-order valence-electron chi connectivity index (χ4n) is 3.45. The van der Waals surface area contributed by atoms with Gasteiger partial charge in [-0.05, 0) is 54.4 Å². The van der Waals surface area contributed by atoms with Crippen LogP contribution in [0.2, 0.25) is 0 Å². The van der Waals surface area contributed by atoms with Gasteiger partial charge in [0.15, 0.2) is 5.17 Å². The molecule has 2 aliphatic rings. The van der Waals surface area contributed by atoms with Crippen LogP contribution in [-0.2, 0) is 11.2 Å². The minimum Gasteiger partial charge on any atom is -0.368 e. The average Bonchev–Trinajstić information content (AvgIpc) is 3.09. The highest BCUT2D eigenvalue weighted by Gasteiger charge is 2.28. The third-order valence-corrected chi connectivity index (χ3v) is 6.29. The number of aliphatic imine (C=N–C) groups is 1. The minimum absolute atomic E-state index is 0.125. The van der Waals surface area contributed by atoms with Gasteiger partial charge in [0.05, 0.1) is 4.91 Å². The SMILES string of the molecule is CCc1ccc(/C=C2\SC(N3CCN(c4ccc(C)cc4)CC3)=NC2=O)cc1. The Labute approximate surface area is 171 Å². The van der Waals surface area contributed by atoms with Crippen molar-refractivity contribution in [3.05, 3.63) is 70.1 Å². The van der Waals surface area contributed by atoms with E-state index in [1.165, 1.54) is 28.6 Å². The summed E-state index contributed by atoms with van der Waals surface area (Å²) in [6.45, 7) is 7.89. The summed E-state index contributed by atoms with van der Waals surface area (Å²) in [6, 6.07) is 17.0. The summed E-state index contributed by atoms with van der Waals surface area (Å²) in [6.07, 6.45) is 2.97. The molecule has 0 saturated carbocycles. The van der Waals surface area contributed by atoms with Gasteiger partial charge in [0, 0.05) is 31.9 Å². The standard InChI is InChI=1S/C23H25N3OS/c1-3-18-6-8-19(9-7-18)16-21-22(27)24-23(28-21)26-14-12-25(13-15-26)20-10-4-17(2)5-11-20/h4-11,16H,3,12-15H2,1-2H3/b21-16-. The summed E-state index contributed by atoms with van der Waals surface area (Å²) in [5.74, 6) is -0.125. The van der Waals surface area contributed by atoms with Crippen LogP contribution in [0.1, 0.15) is 23.6 Å². The molecule has 1 fully saturated rings. The largest absolute Gasteiger partial charge is 0.368 e. The Hall–Kier alpha value is -2.53. The molecule has 2 aromatic carbocycles. The van der Waals surface area contributed by atoms with E-state index in [0.29, 0.717) is 4.91 Å². The molecule has 0 aromatic heterocycles. The Morgan fingerprint density at radius 1 is 0.964 bits per heavy atom. The van der Waals surface area contributed by atoms with Crippen molar-refractivity contribution in [2.75, 3.05) is 31.1 Å². The quantitative estimate of drug-likeness (QED) is 0.729. The summed E-state index contributed by atoms with van der Waals surface area (Å²) in [4.78, 5) is 22.0. The van der Waals surface area contributed by atoms with Crippen LogP contribution in [0.4, 0.5) is 5.69 Å². The summed E-state index contributed by atoms with van der Waals surface area (Å²) in [5, 5.41) is 0.838. The van der Waals surface area contributed by atoms with Crippen LogP contribution in [0.25, 0.3) is 6.08 Å². The van der Waals surface area contributed by atoms with E-state index in [1.807, 2.05) is 6.08 Å². The normalized spacial score (nSPS) is 18.7. The predicted octanol–water partition coefficient (Wildman–Crippen LogP) is 4.35. The van der Waals surface area contributed by atoms with E-state index in [0.717, 1.165) is 43.3 Å². The van der Waals surface area contributed by atoms with Crippen molar-refractivity contribution in [3.8, 4) is 0 Å². The lowest BCUT2D eigenvalue weighted by atomic mass is 10.1. The molecule has 2 heterocycles. The first-order valence-corrected chi connectivity index (χ1v) is 10.6. The van der Waals surface area contributed by atoms with Crippen molar-refractivity contribution >= 4 is 34.6 Å². The second-order valence-corrected chi connectivity index (χ2v) is 8.22. The molecule has 2 aliphatic heterocycles. The van der Waals surface area contributed by atoms with Gasteiger partial charge in [0.25, 0.3) is 5.91 Å². The third kappa shape index (κ3) is 4.14. The molecule has 4 nitrogen and oxygen atoms in total. The molecule has 0 N–H and O–H groups in total. The number of piperazine rings is 1. The van der Waals surface area contributed by atoms with Crippen LogP contribution in [0, 0.1) is 6.92 Å². The smallest absolute Gasteiger partial charge is 0.286 e. The first-order chi connectivity index (χ1) is 13.6. The molecule has 0 atom stereocenters. The third-order valence-electron chi connectivity index (χ3n) is 5.24. The highest BCUT2D eigenvalue weighted by Crippen LogP contribution is 2.31. The number of carbonyl (C=O) groups excluding carboxylic acids is 1. The predicted molar refractivity (Wildman–Crippen MR) is 119 cm³/mol. The van der Waals surface area contributed by atoms with E-state index in [4.69, 9.17) is 0 Å². The zero-order valence-electron chi connectivity index (χ0n) is 16.4. The van der Waals surface area contributed by atoms with Gasteiger partial charge < -0.3 is 9.80 Å². The van der Waals surface area contributed by atoms with Gasteiger partial charge in [-0.1, -0.05) is 48.9 Å². The Morgan fingerprint density at radius 2 is 1.61 bits per heavy atom. The molecular weight excluding hydrogens is 366 g/mol. The van der Waals surface area contributed by atoms with Crippen LogP contribution in [0.3, 0.4) is 0 Å². The number of benzene rings is 2. The molecule has 144 valence electrons. The molecule has 2 aromatic rings. The van der Waals surface area contributed by atoms with Crippen LogP contribution >= 0.6 is 11.8 Å². The zero-order valence-corrected chi connectivity index (χ0v) is 17.2. The highest BCUT2D eigenvalue weighted by atomic mass is 32.2. The second kappa shape index (κ2) is 8.23. The molecule has 0 unspecified atom stereocenters. The molecular formula is C23H25N3OS. The molecule has 0 bridgehead atoms. The molecule has 0 aliphatic carbocycles. The lowest BCUT2D eigenvalue weighted by Gasteiger charge is -2.36. The number of nitrogens with zero attached hydrogens (tertiary/aromatic N) is 3. The van der Waals surface area contributed by atoms with Crippen LogP contribution in [-0.4, -0.2) is 42.2 Å². The van der Waals surface area contributed by atoms with Gasteiger partial charge in [-0.3, -0.25) is 4.79 Å². The number of hydrogen-bond acceptors (Lipinski definition) is 4. The Balaban J connectivity index is 1.38. The van der Waals surface area contributed by atoms with E-state index < -0.39 is 0 Å². The molecule has 1 amide bonds. The van der Waals surface area contributed by atoms with Crippen molar-refractivity contribution in [1.82, 2.24) is 4.90 Å². The van der Waals surface area contributed by atoms with Crippen LogP contribution in [0.5, 0.6) is 0 Å². The van der Waals surface area contributed by atoms with E-state index in [-0.39, 0.29) is 5.91 Å². The van der Waals surface area contributed by atoms with Crippen molar-refractivity contribution in [3.63, 3.8) is 0 Å². The van der Waals surface area contributed by atoms with Crippen LogP contribution in [0.15, 0.2) is 58.4 Å². The number of rotatable bonds is 3. The molecule has 4 rings (SSSR count). The number of carbonyl (C=O) groups is 1. The molecule has 0 radical (unpaired) electrons. The Bertz CT molecular complexity index is 908. The lowest BCUT2D eigenvalue weighted by Crippen LogP contribution is -2.47. The van der Waals surface area contributed by atoms with E-state index in [1.54, 1.807) is 0 Å². The zero-order chi connectivity index (χ0) is 19.5. The number of amides is 1. The average molecular weight is 392 g/mol. The summed E-state index contributed by atoms with van der Waals surface area (Å²) in [5.41, 5.74) is 4.89. The molecule has 28 heavy (non-hydrogen) atoms. The van der Waals surface area contributed by atoms with Crippen molar-refractivity contribution in [2.45, 2.75) is 20.3 Å².